The van der Waals surface area contributed by atoms with Gasteiger partial charge in [0.1, 0.15) is 0 Å². The van der Waals surface area contributed by atoms with Crippen molar-refractivity contribution in [3.63, 3.8) is 0 Å². The van der Waals surface area contributed by atoms with Gasteiger partial charge >= 0.3 is 0 Å². The molecule has 0 saturated heterocycles. The fourth-order valence-electron chi connectivity index (χ4n) is 8.25. The Morgan fingerprint density at radius 2 is 0.822 bits per heavy atom. The SMILES string of the molecule is CCCCCCC1=C(CCCCCC)C(CCCCCC)c2cc(CCCCCC)c(CCCCCC)c(CCCCCC)c21. The lowest BCUT2D eigenvalue weighted by molar-refractivity contribution is 0.572. The smallest absolute Gasteiger partial charge is 0.00604 e. The molecule has 0 radical (unpaired) electrons. The molecule has 1 aliphatic carbocycles. The standard InChI is InChI=1S/C45H80/c1-7-13-19-25-31-38-37-44-41(34-28-22-16-10-4)40(33-27-21-15-9-3)43(36-30-24-18-12-6)45(44)42(35-29-23-17-11-5)39(38)32-26-20-14-8-2/h37,41H,7-36H2,1-6H3. The summed E-state index contributed by atoms with van der Waals surface area (Å²) in [5.74, 6) is 0.706. The van der Waals surface area contributed by atoms with Gasteiger partial charge in [-0.15, -0.1) is 0 Å². The molecule has 0 aliphatic heterocycles. The average Bonchev–Trinajstić information content (AvgIpc) is 3.34. The van der Waals surface area contributed by atoms with E-state index in [-0.39, 0.29) is 0 Å². The highest BCUT2D eigenvalue weighted by Crippen LogP contribution is 2.51. The number of allylic oxidation sites excluding steroid dienone is 2. The van der Waals surface area contributed by atoms with Crippen LogP contribution in [0.5, 0.6) is 0 Å². The average molecular weight is 621 g/mol. The van der Waals surface area contributed by atoms with Gasteiger partial charge in [0.05, 0.1) is 0 Å². The molecular formula is C45H80. The van der Waals surface area contributed by atoms with Crippen molar-refractivity contribution in [3.05, 3.63) is 39.5 Å². The van der Waals surface area contributed by atoms with Crippen molar-refractivity contribution in [3.8, 4) is 0 Å². The first-order valence-electron chi connectivity index (χ1n) is 21.1. The third-order valence-electron chi connectivity index (χ3n) is 10.9. The Balaban J connectivity index is 2.68. The molecule has 2 rings (SSSR count). The largest absolute Gasteiger partial charge is 0.0654 e. The molecule has 0 N–H and O–H groups in total. The molecule has 0 amide bonds. The molecule has 0 spiro atoms. The van der Waals surface area contributed by atoms with Gasteiger partial charge in [0.25, 0.3) is 0 Å². The lowest BCUT2D eigenvalue weighted by atomic mass is 9.81. The summed E-state index contributed by atoms with van der Waals surface area (Å²) in [6.07, 6.45) is 41.3. The summed E-state index contributed by atoms with van der Waals surface area (Å²) in [5.41, 5.74) is 12.9. The van der Waals surface area contributed by atoms with Crippen molar-refractivity contribution in [2.24, 2.45) is 0 Å². The predicted octanol–water partition coefficient (Wildman–Crippen LogP) is 15.8. The number of hydrogen-bond donors (Lipinski definition) is 0. The topological polar surface area (TPSA) is 0 Å². The molecule has 1 aromatic carbocycles. The van der Waals surface area contributed by atoms with E-state index >= 15 is 0 Å². The Morgan fingerprint density at radius 3 is 1.33 bits per heavy atom. The number of hydrogen-bond acceptors (Lipinski definition) is 0. The Hall–Kier alpha value is -1.04. The zero-order valence-corrected chi connectivity index (χ0v) is 31.9. The van der Waals surface area contributed by atoms with Gasteiger partial charge in [0.2, 0.25) is 0 Å². The summed E-state index contributed by atoms with van der Waals surface area (Å²) in [6, 6.07) is 2.85. The normalized spacial score (nSPS) is 14.6. The molecular weight excluding hydrogens is 540 g/mol. The number of fused-ring (bicyclic) bond motifs is 1. The van der Waals surface area contributed by atoms with Gasteiger partial charge in [0, 0.05) is 5.92 Å². The zero-order chi connectivity index (χ0) is 32.5. The van der Waals surface area contributed by atoms with Crippen LogP contribution >= 0.6 is 0 Å². The van der Waals surface area contributed by atoms with Gasteiger partial charge in [-0.2, -0.15) is 0 Å². The van der Waals surface area contributed by atoms with Gasteiger partial charge in [-0.25, -0.2) is 0 Å². The molecule has 0 fully saturated rings. The maximum absolute atomic E-state index is 2.85. The Morgan fingerprint density at radius 1 is 0.400 bits per heavy atom. The molecule has 0 saturated carbocycles. The summed E-state index contributed by atoms with van der Waals surface area (Å²) < 4.78 is 0. The number of benzene rings is 1. The Kier molecular flexibility index (Phi) is 23.2. The molecule has 1 unspecified atom stereocenters. The van der Waals surface area contributed by atoms with Crippen LogP contribution in [-0.2, 0) is 19.3 Å². The van der Waals surface area contributed by atoms with E-state index in [2.05, 4.69) is 47.6 Å². The summed E-state index contributed by atoms with van der Waals surface area (Å²) >= 11 is 0. The molecule has 0 heteroatoms. The summed E-state index contributed by atoms with van der Waals surface area (Å²) in [5, 5.41) is 0. The van der Waals surface area contributed by atoms with Crippen LogP contribution in [0.1, 0.15) is 249 Å². The van der Waals surface area contributed by atoms with E-state index in [1.807, 2.05) is 33.4 Å². The van der Waals surface area contributed by atoms with Crippen molar-refractivity contribution in [2.75, 3.05) is 0 Å². The summed E-state index contributed by atoms with van der Waals surface area (Å²) in [6.45, 7) is 14.2. The molecule has 45 heavy (non-hydrogen) atoms. The number of aryl methyl sites for hydroxylation is 1. The third-order valence-corrected chi connectivity index (χ3v) is 10.9. The second-order valence-electron chi connectivity index (χ2n) is 14.9. The van der Waals surface area contributed by atoms with Crippen LogP contribution in [0.15, 0.2) is 11.6 Å². The molecule has 260 valence electrons. The van der Waals surface area contributed by atoms with E-state index in [4.69, 9.17) is 0 Å². The summed E-state index contributed by atoms with van der Waals surface area (Å²) in [4.78, 5) is 0. The van der Waals surface area contributed by atoms with E-state index < -0.39 is 0 Å². The number of unbranched alkanes of at least 4 members (excludes halogenated alkanes) is 18. The first-order valence-corrected chi connectivity index (χ1v) is 21.1. The number of rotatable bonds is 30. The lowest BCUT2D eigenvalue weighted by Gasteiger charge is -2.24. The minimum absolute atomic E-state index is 0.706. The van der Waals surface area contributed by atoms with E-state index in [1.54, 1.807) is 5.56 Å². The highest BCUT2D eigenvalue weighted by molar-refractivity contribution is 5.82. The van der Waals surface area contributed by atoms with E-state index in [9.17, 15) is 0 Å². The van der Waals surface area contributed by atoms with Crippen molar-refractivity contribution in [2.45, 2.75) is 240 Å². The Bertz CT molecular complexity index is 901. The fraction of sp³-hybridized carbons (Fsp3) is 0.822. The molecule has 1 aliphatic rings. The molecule has 1 aromatic rings. The second-order valence-corrected chi connectivity index (χ2v) is 14.9. The maximum Gasteiger partial charge on any atom is 0.00604 e. The van der Waals surface area contributed by atoms with Gasteiger partial charge in [0.15, 0.2) is 0 Å². The van der Waals surface area contributed by atoms with Crippen molar-refractivity contribution < 1.29 is 0 Å². The predicted molar refractivity (Wildman–Crippen MR) is 206 cm³/mol. The Labute approximate surface area is 284 Å². The van der Waals surface area contributed by atoms with Crippen LogP contribution in [0.25, 0.3) is 5.57 Å². The van der Waals surface area contributed by atoms with E-state index in [0.717, 1.165) is 0 Å². The zero-order valence-electron chi connectivity index (χ0n) is 31.9. The first kappa shape index (κ1) is 40.1. The van der Waals surface area contributed by atoms with Crippen LogP contribution in [0, 0.1) is 0 Å². The highest BCUT2D eigenvalue weighted by Gasteiger charge is 2.33. The van der Waals surface area contributed by atoms with Gasteiger partial charge < -0.3 is 0 Å². The third kappa shape index (κ3) is 14.3. The molecule has 1 atom stereocenters. The van der Waals surface area contributed by atoms with Gasteiger partial charge in [-0.3, -0.25) is 0 Å². The summed E-state index contributed by atoms with van der Waals surface area (Å²) in [7, 11) is 0. The van der Waals surface area contributed by atoms with Crippen LogP contribution in [0.4, 0.5) is 0 Å². The van der Waals surface area contributed by atoms with Crippen LogP contribution < -0.4 is 0 Å². The minimum atomic E-state index is 0.706. The maximum atomic E-state index is 2.85. The first-order chi connectivity index (χ1) is 22.2. The molecule has 0 bridgehead atoms. The van der Waals surface area contributed by atoms with Crippen LogP contribution in [0.3, 0.4) is 0 Å². The fourth-order valence-corrected chi connectivity index (χ4v) is 8.25. The van der Waals surface area contributed by atoms with Crippen LogP contribution in [0.2, 0.25) is 0 Å². The molecule has 0 nitrogen and oxygen atoms in total. The van der Waals surface area contributed by atoms with Gasteiger partial charge in [-0.1, -0.05) is 175 Å². The monoisotopic (exact) mass is 621 g/mol. The lowest BCUT2D eigenvalue weighted by Crippen LogP contribution is -2.09. The molecule has 0 aromatic heterocycles. The van der Waals surface area contributed by atoms with Gasteiger partial charge in [-0.05, 0) is 104 Å². The van der Waals surface area contributed by atoms with Crippen molar-refractivity contribution >= 4 is 5.57 Å². The molecule has 0 heterocycles. The van der Waals surface area contributed by atoms with Crippen LogP contribution in [-0.4, -0.2) is 0 Å². The quantitative estimate of drug-likeness (QED) is 0.0751. The second kappa shape index (κ2) is 26.0. The van der Waals surface area contributed by atoms with E-state index in [0.29, 0.717) is 5.92 Å². The minimum Gasteiger partial charge on any atom is -0.0654 e. The van der Waals surface area contributed by atoms with E-state index in [1.165, 1.54) is 193 Å². The highest BCUT2D eigenvalue weighted by atomic mass is 14.4. The van der Waals surface area contributed by atoms with Crippen molar-refractivity contribution in [1.29, 1.82) is 0 Å². The van der Waals surface area contributed by atoms with Crippen molar-refractivity contribution in [1.82, 2.24) is 0 Å².